The highest BCUT2D eigenvalue weighted by Gasteiger charge is 2.29. The zero-order valence-electron chi connectivity index (χ0n) is 6.87. The Morgan fingerprint density at radius 2 is 2.14 bits per heavy atom. The summed E-state index contributed by atoms with van der Waals surface area (Å²) in [5.41, 5.74) is 0. The molecule has 0 spiro atoms. The van der Waals surface area contributed by atoms with E-state index >= 15 is 0 Å². The fourth-order valence-corrected chi connectivity index (χ4v) is 0.680. The maximum Gasteiger partial charge on any atom is 0.508 e. The number of alkyl halides is 3. The second kappa shape index (κ2) is 4.47. The second-order valence-corrected chi connectivity index (χ2v) is 2.46. The standard InChI is InChI=1S/C6H7F3O5/c7-6(8,9)3-13-12-2-4-1-11-5(10)14-4/h4H,1-3H2. The van der Waals surface area contributed by atoms with E-state index in [-0.39, 0.29) is 13.2 Å². The lowest BCUT2D eigenvalue weighted by atomic mass is 10.4. The minimum absolute atomic E-state index is 0.0474. The van der Waals surface area contributed by atoms with Crippen LogP contribution in [-0.2, 0) is 19.2 Å². The van der Waals surface area contributed by atoms with Gasteiger partial charge in [-0.1, -0.05) is 0 Å². The van der Waals surface area contributed by atoms with Gasteiger partial charge in [0.2, 0.25) is 0 Å². The van der Waals surface area contributed by atoms with Gasteiger partial charge in [-0.05, 0) is 0 Å². The van der Waals surface area contributed by atoms with E-state index in [2.05, 4.69) is 19.2 Å². The maximum absolute atomic E-state index is 11.5. The number of hydrogen-bond donors (Lipinski definition) is 0. The summed E-state index contributed by atoms with van der Waals surface area (Å²) in [7, 11) is 0. The molecule has 8 heteroatoms. The Bertz CT molecular complexity index is 204. The van der Waals surface area contributed by atoms with Crippen LogP contribution in [0.25, 0.3) is 0 Å². The second-order valence-electron chi connectivity index (χ2n) is 2.46. The predicted molar refractivity (Wildman–Crippen MR) is 34.2 cm³/mol. The van der Waals surface area contributed by atoms with Crippen LogP contribution in [-0.4, -0.2) is 38.3 Å². The van der Waals surface area contributed by atoms with Crippen molar-refractivity contribution in [2.24, 2.45) is 0 Å². The number of rotatable bonds is 4. The highest BCUT2D eigenvalue weighted by Crippen LogP contribution is 2.15. The molecular weight excluding hydrogens is 209 g/mol. The van der Waals surface area contributed by atoms with Crippen LogP contribution in [0.4, 0.5) is 18.0 Å². The third-order valence-corrected chi connectivity index (χ3v) is 1.21. The first-order chi connectivity index (χ1) is 6.47. The molecule has 5 nitrogen and oxygen atoms in total. The number of halogens is 3. The lowest BCUT2D eigenvalue weighted by Gasteiger charge is -2.08. The van der Waals surface area contributed by atoms with E-state index in [0.29, 0.717) is 0 Å². The molecule has 0 aromatic carbocycles. The first kappa shape index (κ1) is 11.1. The fraction of sp³-hybridized carbons (Fsp3) is 0.833. The highest BCUT2D eigenvalue weighted by molar-refractivity contribution is 5.61. The molecule has 82 valence electrons. The van der Waals surface area contributed by atoms with E-state index < -0.39 is 25.0 Å². The minimum Gasteiger partial charge on any atom is -0.430 e. The summed E-state index contributed by atoms with van der Waals surface area (Å²) in [5.74, 6) is 0. The number of hydrogen-bond acceptors (Lipinski definition) is 5. The first-order valence-electron chi connectivity index (χ1n) is 3.62. The van der Waals surface area contributed by atoms with E-state index in [1.165, 1.54) is 0 Å². The van der Waals surface area contributed by atoms with E-state index in [4.69, 9.17) is 0 Å². The number of carbonyl (C=O) groups excluding carboxylic acids is 1. The Morgan fingerprint density at radius 3 is 2.64 bits per heavy atom. The van der Waals surface area contributed by atoms with Crippen LogP contribution in [0.3, 0.4) is 0 Å². The van der Waals surface area contributed by atoms with Gasteiger partial charge in [-0.15, -0.1) is 0 Å². The van der Waals surface area contributed by atoms with Crippen molar-refractivity contribution in [2.45, 2.75) is 12.3 Å². The van der Waals surface area contributed by atoms with Gasteiger partial charge in [0.05, 0.1) is 0 Å². The lowest BCUT2D eigenvalue weighted by Crippen LogP contribution is -2.22. The Morgan fingerprint density at radius 1 is 1.43 bits per heavy atom. The molecule has 1 fully saturated rings. The third-order valence-electron chi connectivity index (χ3n) is 1.21. The average Bonchev–Trinajstić information content (AvgIpc) is 2.44. The molecule has 1 atom stereocenters. The molecule has 0 aromatic heterocycles. The summed E-state index contributed by atoms with van der Waals surface area (Å²) in [6.07, 6.45) is -6.02. The summed E-state index contributed by atoms with van der Waals surface area (Å²) < 4.78 is 43.3. The van der Waals surface area contributed by atoms with Crippen molar-refractivity contribution in [3.05, 3.63) is 0 Å². The molecule has 1 aliphatic heterocycles. The Hall–Kier alpha value is -1.02. The van der Waals surface area contributed by atoms with Gasteiger partial charge < -0.3 is 9.47 Å². The molecule has 0 aliphatic carbocycles. The third kappa shape index (κ3) is 4.28. The Kier molecular flexibility index (Phi) is 3.53. The quantitative estimate of drug-likeness (QED) is 0.304. The van der Waals surface area contributed by atoms with Crippen LogP contribution in [0.15, 0.2) is 0 Å². The summed E-state index contributed by atoms with van der Waals surface area (Å²) in [5, 5.41) is 0. The molecule has 0 saturated carbocycles. The van der Waals surface area contributed by atoms with E-state index in [1.807, 2.05) is 0 Å². The summed E-state index contributed by atoms with van der Waals surface area (Å²) in [6.45, 7) is -1.84. The molecule has 1 aliphatic rings. The van der Waals surface area contributed by atoms with Crippen LogP contribution in [0.1, 0.15) is 0 Å². The van der Waals surface area contributed by atoms with Gasteiger partial charge in [-0.3, -0.25) is 0 Å². The van der Waals surface area contributed by atoms with Crippen LogP contribution in [0.5, 0.6) is 0 Å². The maximum atomic E-state index is 11.5. The molecule has 1 saturated heterocycles. The normalized spacial score (nSPS) is 21.9. The van der Waals surface area contributed by atoms with Crippen molar-refractivity contribution in [3.63, 3.8) is 0 Å². The molecule has 0 bridgehead atoms. The van der Waals surface area contributed by atoms with Crippen LogP contribution < -0.4 is 0 Å². The molecule has 0 amide bonds. The molecule has 1 rings (SSSR count). The highest BCUT2D eigenvalue weighted by atomic mass is 19.4. The van der Waals surface area contributed by atoms with Crippen molar-refractivity contribution >= 4 is 6.16 Å². The summed E-state index contributed by atoms with van der Waals surface area (Å²) in [6, 6.07) is 0. The molecule has 14 heavy (non-hydrogen) atoms. The van der Waals surface area contributed by atoms with Gasteiger partial charge in [0, 0.05) is 0 Å². The minimum atomic E-state index is -4.44. The van der Waals surface area contributed by atoms with Gasteiger partial charge in [0.1, 0.15) is 13.2 Å². The van der Waals surface area contributed by atoms with E-state index in [0.717, 1.165) is 0 Å². The number of carbonyl (C=O) groups is 1. The van der Waals surface area contributed by atoms with Gasteiger partial charge in [0.15, 0.2) is 12.7 Å². The number of cyclic esters (lactones) is 2. The van der Waals surface area contributed by atoms with Crippen molar-refractivity contribution in [3.8, 4) is 0 Å². The van der Waals surface area contributed by atoms with Crippen LogP contribution in [0, 0.1) is 0 Å². The van der Waals surface area contributed by atoms with Crippen molar-refractivity contribution < 1.29 is 37.2 Å². The van der Waals surface area contributed by atoms with Crippen molar-refractivity contribution in [2.75, 3.05) is 19.8 Å². The zero-order valence-corrected chi connectivity index (χ0v) is 6.87. The van der Waals surface area contributed by atoms with Gasteiger partial charge in [0.25, 0.3) is 0 Å². The monoisotopic (exact) mass is 216 g/mol. The SMILES string of the molecule is O=C1OCC(COOCC(F)(F)F)O1. The molecule has 0 radical (unpaired) electrons. The van der Waals surface area contributed by atoms with Crippen LogP contribution in [0.2, 0.25) is 0 Å². The number of ether oxygens (including phenoxy) is 2. The van der Waals surface area contributed by atoms with Gasteiger partial charge >= 0.3 is 12.3 Å². The molecule has 1 heterocycles. The largest absolute Gasteiger partial charge is 0.508 e. The summed E-state index contributed by atoms with van der Waals surface area (Å²) >= 11 is 0. The first-order valence-corrected chi connectivity index (χ1v) is 3.62. The van der Waals surface area contributed by atoms with Crippen LogP contribution >= 0.6 is 0 Å². The lowest BCUT2D eigenvalue weighted by molar-refractivity contribution is -0.346. The average molecular weight is 216 g/mol. The molecular formula is C6H7F3O5. The van der Waals surface area contributed by atoms with Gasteiger partial charge in [-0.2, -0.15) is 13.2 Å². The van der Waals surface area contributed by atoms with E-state index in [9.17, 15) is 18.0 Å². The zero-order chi connectivity index (χ0) is 10.6. The smallest absolute Gasteiger partial charge is 0.430 e. The Labute approximate surface area is 76.6 Å². The van der Waals surface area contributed by atoms with E-state index in [1.54, 1.807) is 0 Å². The van der Waals surface area contributed by atoms with Crippen molar-refractivity contribution in [1.82, 2.24) is 0 Å². The molecule has 0 aromatic rings. The fourth-order valence-electron chi connectivity index (χ4n) is 0.680. The molecule has 0 N–H and O–H groups in total. The summed E-state index contributed by atoms with van der Waals surface area (Å²) in [4.78, 5) is 18.3. The molecule has 1 unspecified atom stereocenters. The van der Waals surface area contributed by atoms with Gasteiger partial charge in [-0.25, -0.2) is 14.6 Å². The van der Waals surface area contributed by atoms with Crippen molar-refractivity contribution in [1.29, 1.82) is 0 Å². The Balaban J connectivity index is 2.02. The topological polar surface area (TPSA) is 54.0 Å². The predicted octanol–water partition coefficient (Wildman–Crippen LogP) is 1.03.